The maximum Gasteiger partial charge on any atom is 0.319 e. The van der Waals surface area contributed by atoms with Crippen LogP contribution in [0.1, 0.15) is 6.92 Å². The van der Waals surface area contributed by atoms with Gasteiger partial charge in [0.2, 0.25) is 0 Å². The molecule has 2 amide bonds. The van der Waals surface area contributed by atoms with Crippen molar-refractivity contribution in [2.45, 2.75) is 12.5 Å². The number of thioether (sulfide) groups is 1. The van der Waals surface area contributed by atoms with Crippen LogP contribution in [0.2, 0.25) is 5.02 Å². The first-order chi connectivity index (χ1) is 8.85. The Hall–Kier alpha value is -0.980. The number of nitrogens with one attached hydrogen (secondary N) is 2. The van der Waals surface area contributed by atoms with Gasteiger partial charge >= 0.3 is 6.03 Å². The van der Waals surface area contributed by atoms with Crippen LogP contribution in [0, 0.1) is 5.82 Å². The third-order valence-electron chi connectivity index (χ3n) is 2.28. The Morgan fingerprint density at radius 2 is 2.26 bits per heavy atom. The minimum absolute atomic E-state index is 0.00508. The molecule has 0 aromatic heterocycles. The molecule has 1 unspecified atom stereocenters. The molecule has 0 saturated carbocycles. The summed E-state index contributed by atoms with van der Waals surface area (Å²) in [6, 6.07) is 3.73. The Kier molecular flexibility index (Phi) is 5.90. The predicted octanol–water partition coefficient (Wildman–Crippen LogP) is 2.71. The summed E-state index contributed by atoms with van der Waals surface area (Å²) >= 11 is 7.07. The Morgan fingerprint density at radius 1 is 1.58 bits per heavy atom. The number of halogens is 2. The summed E-state index contributed by atoms with van der Waals surface area (Å²) in [5, 5.41) is 14.6. The molecular formula is C12H16ClFN2O2S. The third kappa shape index (κ3) is 5.26. The molecule has 0 spiro atoms. The fourth-order valence-electron chi connectivity index (χ4n) is 1.40. The molecule has 0 bridgehead atoms. The zero-order valence-electron chi connectivity index (χ0n) is 10.7. The largest absolute Gasteiger partial charge is 0.387 e. The van der Waals surface area contributed by atoms with Gasteiger partial charge in [-0.15, -0.1) is 0 Å². The Bertz CT molecular complexity index is 457. The standard InChI is InChI=1S/C12H16ClFN2O2S/c1-12(18,7-19-2)6-15-11(17)16-9-5-3-4-8(13)10(9)14/h3-5,18H,6-7H2,1-2H3,(H2,15,16,17). The SMILES string of the molecule is CSCC(C)(O)CNC(=O)Nc1cccc(Cl)c1F. The number of benzene rings is 1. The summed E-state index contributed by atoms with van der Waals surface area (Å²) in [6.07, 6.45) is 1.86. The summed E-state index contributed by atoms with van der Waals surface area (Å²) in [6.45, 7) is 1.69. The molecule has 0 saturated heterocycles. The first-order valence-corrected chi connectivity index (χ1v) is 7.33. The Morgan fingerprint density at radius 3 is 2.89 bits per heavy atom. The van der Waals surface area contributed by atoms with Crippen molar-refractivity contribution in [1.82, 2.24) is 5.32 Å². The molecule has 3 N–H and O–H groups in total. The monoisotopic (exact) mass is 306 g/mol. The van der Waals surface area contributed by atoms with Gasteiger partial charge in [-0.1, -0.05) is 17.7 Å². The molecule has 0 aliphatic carbocycles. The summed E-state index contributed by atoms with van der Waals surface area (Å²) in [7, 11) is 0. The number of carbonyl (C=O) groups is 1. The average molecular weight is 307 g/mol. The molecule has 1 atom stereocenters. The molecule has 1 aromatic rings. The van der Waals surface area contributed by atoms with Crippen LogP contribution < -0.4 is 10.6 Å². The van der Waals surface area contributed by atoms with Gasteiger partial charge in [-0.3, -0.25) is 0 Å². The van der Waals surface area contributed by atoms with Gasteiger partial charge in [0, 0.05) is 12.3 Å². The lowest BCUT2D eigenvalue weighted by atomic mass is 10.1. The number of urea groups is 1. The van der Waals surface area contributed by atoms with Crippen molar-refractivity contribution in [3.8, 4) is 0 Å². The normalized spacial score (nSPS) is 13.7. The van der Waals surface area contributed by atoms with Crippen LogP contribution in [-0.4, -0.2) is 35.3 Å². The highest BCUT2D eigenvalue weighted by atomic mass is 35.5. The summed E-state index contributed by atoms with van der Waals surface area (Å²) in [5.74, 6) is -0.200. The average Bonchev–Trinajstić information content (AvgIpc) is 2.33. The molecule has 19 heavy (non-hydrogen) atoms. The van der Waals surface area contributed by atoms with Gasteiger partial charge in [0.15, 0.2) is 5.82 Å². The number of amides is 2. The Balaban J connectivity index is 2.54. The highest BCUT2D eigenvalue weighted by Crippen LogP contribution is 2.21. The van der Waals surface area contributed by atoms with Crippen LogP contribution in [-0.2, 0) is 0 Å². The molecule has 0 radical (unpaired) electrons. The van der Waals surface area contributed by atoms with Gasteiger partial charge in [0.1, 0.15) is 0 Å². The summed E-state index contributed by atoms with van der Waals surface area (Å²) in [5.41, 5.74) is -1.02. The summed E-state index contributed by atoms with van der Waals surface area (Å²) in [4.78, 5) is 11.6. The number of anilines is 1. The fraction of sp³-hybridized carbons (Fsp3) is 0.417. The van der Waals surface area contributed by atoms with E-state index in [1.165, 1.54) is 30.0 Å². The number of hydrogen-bond donors (Lipinski definition) is 3. The quantitative estimate of drug-likeness (QED) is 0.784. The first-order valence-electron chi connectivity index (χ1n) is 5.56. The van der Waals surface area contributed by atoms with Gasteiger partial charge < -0.3 is 15.7 Å². The molecule has 0 heterocycles. The number of hydrogen-bond acceptors (Lipinski definition) is 3. The lowest BCUT2D eigenvalue weighted by Crippen LogP contribution is -2.44. The van der Waals surface area contributed by atoms with Gasteiger partial charge in [-0.05, 0) is 25.3 Å². The smallest absolute Gasteiger partial charge is 0.319 e. The van der Waals surface area contributed by atoms with Crippen LogP contribution in [0.3, 0.4) is 0 Å². The zero-order chi connectivity index (χ0) is 14.5. The fourth-order valence-corrected chi connectivity index (χ4v) is 2.30. The lowest BCUT2D eigenvalue weighted by Gasteiger charge is -2.22. The van der Waals surface area contributed by atoms with E-state index in [1.54, 1.807) is 6.92 Å². The number of carbonyl (C=O) groups excluding carboxylic acids is 1. The van der Waals surface area contributed by atoms with E-state index < -0.39 is 17.4 Å². The highest BCUT2D eigenvalue weighted by molar-refractivity contribution is 7.98. The topological polar surface area (TPSA) is 61.4 Å². The molecule has 7 heteroatoms. The third-order valence-corrected chi connectivity index (χ3v) is 3.49. The van der Waals surface area contributed by atoms with E-state index in [9.17, 15) is 14.3 Å². The van der Waals surface area contributed by atoms with E-state index in [4.69, 9.17) is 11.6 Å². The number of aliphatic hydroxyl groups is 1. The van der Waals surface area contributed by atoms with E-state index in [-0.39, 0.29) is 17.3 Å². The Labute approximate surface area is 120 Å². The van der Waals surface area contributed by atoms with Crippen LogP contribution in [0.25, 0.3) is 0 Å². The molecule has 106 valence electrons. The molecular weight excluding hydrogens is 291 g/mol. The number of rotatable bonds is 5. The molecule has 4 nitrogen and oxygen atoms in total. The zero-order valence-corrected chi connectivity index (χ0v) is 12.2. The second-order valence-electron chi connectivity index (χ2n) is 4.34. The van der Waals surface area contributed by atoms with E-state index in [2.05, 4.69) is 10.6 Å². The van der Waals surface area contributed by atoms with Crippen molar-refractivity contribution in [1.29, 1.82) is 0 Å². The van der Waals surface area contributed by atoms with Crippen LogP contribution >= 0.6 is 23.4 Å². The minimum atomic E-state index is -1.01. The van der Waals surface area contributed by atoms with Gasteiger partial charge in [-0.2, -0.15) is 11.8 Å². The van der Waals surface area contributed by atoms with Crippen molar-refractivity contribution >= 4 is 35.1 Å². The maximum absolute atomic E-state index is 13.5. The van der Waals surface area contributed by atoms with Crippen molar-refractivity contribution in [2.75, 3.05) is 23.9 Å². The second kappa shape index (κ2) is 6.98. The van der Waals surface area contributed by atoms with Crippen molar-refractivity contribution in [3.05, 3.63) is 29.0 Å². The van der Waals surface area contributed by atoms with Gasteiger partial charge in [-0.25, -0.2) is 9.18 Å². The molecule has 0 aliphatic heterocycles. The predicted molar refractivity (Wildman–Crippen MR) is 77.4 cm³/mol. The molecule has 0 aliphatic rings. The minimum Gasteiger partial charge on any atom is -0.387 e. The second-order valence-corrected chi connectivity index (χ2v) is 5.61. The van der Waals surface area contributed by atoms with Crippen molar-refractivity contribution < 1.29 is 14.3 Å². The molecule has 1 aromatic carbocycles. The highest BCUT2D eigenvalue weighted by Gasteiger charge is 2.20. The van der Waals surface area contributed by atoms with E-state index in [0.29, 0.717) is 5.75 Å². The van der Waals surface area contributed by atoms with Crippen LogP contribution in [0.15, 0.2) is 18.2 Å². The van der Waals surface area contributed by atoms with Crippen molar-refractivity contribution in [3.63, 3.8) is 0 Å². The van der Waals surface area contributed by atoms with Crippen LogP contribution in [0.4, 0.5) is 14.9 Å². The van der Waals surface area contributed by atoms with Gasteiger partial charge in [0.05, 0.1) is 16.3 Å². The van der Waals surface area contributed by atoms with E-state index >= 15 is 0 Å². The van der Waals surface area contributed by atoms with E-state index in [1.807, 2.05) is 6.26 Å². The summed E-state index contributed by atoms with van der Waals surface area (Å²) < 4.78 is 13.5. The first kappa shape index (κ1) is 16.1. The van der Waals surface area contributed by atoms with E-state index in [0.717, 1.165) is 0 Å². The van der Waals surface area contributed by atoms with Crippen molar-refractivity contribution in [2.24, 2.45) is 0 Å². The molecule has 0 fully saturated rings. The lowest BCUT2D eigenvalue weighted by molar-refractivity contribution is 0.0876. The molecule has 1 rings (SSSR count). The van der Waals surface area contributed by atoms with Crippen LogP contribution in [0.5, 0.6) is 0 Å². The maximum atomic E-state index is 13.5. The van der Waals surface area contributed by atoms with Gasteiger partial charge in [0.25, 0.3) is 0 Å².